The number of hydrogen-bond acceptors (Lipinski definition) is 5. The van der Waals surface area contributed by atoms with E-state index < -0.39 is 17.7 Å². The molecule has 0 spiro atoms. The van der Waals surface area contributed by atoms with Gasteiger partial charge in [-0.2, -0.15) is 0 Å². The predicted molar refractivity (Wildman–Crippen MR) is 136 cm³/mol. The summed E-state index contributed by atoms with van der Waals surface area (Å²) < 4.78 is 5.72. The van der Waals surface area contributed by atoms with E-state index in [0.717, 1.165) is 48.4 Å². The summed E-state index contributed by atoms with van der Waals surface area (Å²) in [5.41, 5.74) is 3.98. The Bertz CT molecular complexity index is 1160. The van der Waals surface area contributed by atoms with Crippen molar-refractivity contribution in [1.29, 1.82) is 0 Å². The summed E-state index contributed by atoms with van der Waals surface area (Å²) in [6.45, 7) is 12.8. The second kappa shape index (κ2) is 10.5. The third-order valence-corrected chi connectivity index (χ3v) is 7.11. The van der Waals surface area contributed by atoms with Gasteiger partial charge in [0.15, 0.2) is 0 Å². The molecule has 2 aliphatic rings. The number of carbonyl (C=O) groups excluding carboxylic acids is 2. The molecule has 7 heteroatoms. The fourth-order valence-corrected chi connectivity index (χ4v) is 5.22. The standard InChI is InChI=1S/C28H35N3O4/c1-5-16-35-22-11-9-10-21(17-22)25-24(26(32)23-18(2)19(3)29-20(23)4)27(33)28(34)31(25)15-14-30-12-7-6-8-13-30/h5,9-11,17,25,29,32H,1,6-8,12-16H2,2-4H3/b26-24+. The highest BCUT2D eigenvalue weighted by molar-refractivity contribution is 6.46. The first-order chi connectivity index (χ1) is 16.8. The SMILES string of the molecule is C=CCOc1cccc(C2/C(=C(\O)c3c(C)[nH]c(C)c3C)C(=O)C(=O)N2CCN2CCCCC2)c1. The van der Waals surface area contributed by atoms with E-state index in [1.165, 1.54) is 6.42 Å². The van der Waals surface area contributed by atoms with Crippen molar-refractivity contribution >= 4 is 17.4 Å². The number of benzene rings is 1. The van der Waals surface area contributed by atoms with Crippen LogP contribution in [0.5, 0.6) is 5.75 Å². The smallest absolute Gasteiger partial charge is 0.295 e. The quantitative estimate of drug-likeness (QED) is 0.255. The van der Waals surface area contributed by atoms with Crippen LogP contribution in [0, 0.1) is 20.8 Å². The molecular formula is C28H35N3O4. The Kier molecular flexibility index (Phi) is 7.45. The lowest BCUT2D eigenvalue weighted by atomic mass is 9.94. The Morgan fingerprint density at radius 3 is 2.54 bits per heavy atom. The number of likely N-dealkylation sites (tertiary alicyclic amines) is 2. The summed E-state index contributed by atoms with van der Waals surface area (Å²) in [5, 5.41) is 11.5. The van der Waals surface area contributed by atoms with Crippen LogP contribution in [0.25, 0.3) is 5.76 Å². The number of amides is 1. The van der Waals surface area contributed by atoms with Gasteiger partial charge < -0.3 is 24.6 Å². The number of aliphatic hydroxyl groups is 1. The largest absolute Gasteiger partial charge is 0.507 e. The van der Waals surface area contributed by atoms with E-state index in [1.54, 1.807) is 11.0 Å². The number of nitrogens with one attached hydrogen (secondary N) is 1. The summed E-state index contributed by atoms with van der Waals surface area (Å²) in [4.78, 5) is 33.9. The second-order valence-corrected chi connectivity index (χ2v) is 9.44. The zero-order chi connectivity index (χ0) is 25.1. The minimum absolute atomic E-state index is 0.125. The number of ether oxygens (including phenoxy) is 1. The van der Waals surface area contributed by atoms with Crippen molar-refractivity contribution in [3.05, 3.63) is 70.6 Å². The normalized spacial score (nSPS) is 20.4. The summed E-state index contributed by atoms with van der Waals surface area (Å²) in [6, 6.07) is 6.69. The minimum atomic E-state index is -0.693. The molecule has 2 saturated heterocycles. The number of nitrogens with zero attached hydrogens (tertiary/aromatic N) is 2. The van der Waals surface area contributed by atoms with Crippen LogP contribution in [0.3, 0.4) is 0 Å². The lowest BCUT2D eigenvalue weighted by Gasteiger charge is -2.31. The number of aromatic nitrogens is 1. The zero-order valence-corrected chi connectivity index (χ0v) is 20.9. The number of ketones is 1. The van der Waals surface area contributed by atoms with E-state index in [4.69, 9.17) is 4.74 Å². The van der Waals surface area contributed by atoms with Crippen LogP contribution >= 0.6 is 0 Å². The Hall–Kier alpha value is -3.32. The van der Waals surface area contributed by atoms with Crippen molar-refractivity contribution in [1.82, 2.24) is 14.8 Å². The molecule has 0 saturated carbocycles. The van der Waals surface area contributed by atoms with Gasteiger partial charge in [0.1, 0.15) is 18.1 Å². The van der Waals surface area contributed by atoms with Crippen LogP contribution < -0.4 is 4.74 Å². The number of hydrogen-bond donors (Lipinski definition) is 2. The Labute approximate surface area is 207 Å². The first-order valence-electron chi connectivity index (χ1n) is 12.3. The molecule has 2 aromatic rings. The third-order valence-electron chi connectivity index (χ3n) is 7.11. The van der Waals surface area contributed by atoms with Crippen LogP contribution in [0.4, 0.5) is 0 Å². The van der Waals surface area contributed by atoms with Crippen LogP contribution in [0.1, 0.15) is 53.4 Å². The highest BCUT2D eigenvalue weighted by Gasteiger charge is 2.46. The van der Waals surface area contributed by atoms with Gasteiger partial charge in [-0.1, -0.05) is 31.2 Å². The van der Waals surface area contributed by atoms with Crippen molar-refractivity contribution in [2.45, 2.75) is 46.1 Å². The van der Waals surface area contributed by atoms with E-state index in [9.17, 15) is 14.7 Å². The zero-order valence-electron chi connectivity index (χ0n) is 20.9. The van der Waals surface area contributed by atoms with Crippen molar-refractivity contribution in [2.24, 2.45) is 0 Å². The number of carbonyl (C=O) groups is 2. The fourth-order valence-electron chi connectivity index (χ4n) is 5.22. The molecule has 2 N–H and O–H groups in total. The third kappa shape index (κ3) is 4.91. The highest BCUT2D eigenvalue weighted by atomic mass is 16.5. The van der Waals surface area contributed by atoms with Gasteiger partial charge in [0.2, 0.25) is 0 Å². The maximum absolute atomic E-state index is 13.4. The maximum Gasteiger partial charge on any atom is 0.295 e. The summed E-state index contributed by atoms with van der Waals surface area (Å²) >= 11 is 0. The molecule has 2 aliphatic heterocycles. The van der Waals surface area contributed by atoms with E-state index in [2.05, 4.69) is 16.5 Å². The monoisotopic (exact) mass is 477 g/mol. The average molecular weight is 478 g/mol. The molecule has 1 atom stereocenters. The predicted octanol–water partition coefficient (Wildman–Crippen LogP) is 4.41. The first kappa shape index (κ1) is 24.8. The van der Waals surface area contributed by atoms with Crippen LogP contribution in [0.2, 0.25) is 0 Å². The van der Waals surface area contributed by atoms with Crippen LogP contribution in [-0.4, -0.2) is 64.4 Å². The lowest BCUT2D eigenvalue weighted by Crippen LogP contribution is -2.40. The van der Waals surface area contributed by atoms with Crippen molar-refractivity contribution in [3.63, 3.8) is 0 Å². The van der Waals surface area contributed by atoms with Crippen molar-refractivity contribution < 1.29 is 19.4 Å². The number of H-pyrrole nitrogens is 1. The Morgan fingerprint density at radius 1 is 1.14 bits per heavy atom. The molecule has 0 aliphatic carbocycles. The highest BCUT2D eigenvalue weighted by Crippen LogP contribution is 2.41. The fraction of sp³-hybridized carbons (Fsp3) is 0.429. The first-order valence-corrected chi connectivity index (χ1v) is 12.3. The number of aryl methyl sites for hydroxylation is 2. The molecule has 1 amide bonds. The molecule has 0 radical (unpaired) electrons. The van der Waals surface area contributed by atoms with Crippen molar-refractivity contribution in [3.8, 4) is 5.75 Å². The average Bonchev–Trinajstić information content (AvgIpc) is 3.27. The second-order valence-electron chi connectivity index (χ2n) is 9.44. The molecule has 1 aromatic heterocycles. The maximum atomic E-state index is 13.4. The molecule has 35 heavy (non-hydrogen) atoms. The summed E-state index contributed by atoms with van der Waals surface area (Å²) in [7, 11) is 0. The van der Waals surface area contributed by atoms with Gasteiger partial charge in [-0.25, -0.2) is 0 Å². The summed E-state index contributed by atoms with van der Waals surface area (Å²) in [5.74, 6) is -0.741. The molecule has 186 valence electrons. The number of rotatable bonds is 8. The molecule has 2 fully saturated rings. The van der Waals surface area contributed by atoms with Gasteiger partial charge in [0.25, 0.3) is 11.7 Å². The van der Waals surface area contributed by atoms with Crippen molar-refractivity contribution in [2.75, 3.05) is 32.8 Å². The Balaban J connectivity index is 1.78. The number of aromatic amines is 1. The number of piperidine rings is 1. The lowest BCUT2D eigenvalue weighted by molar-refractivity contribution is -0.140. The molecular weight excluding hydrogens is 442 g/mol. The topological polar surface area (TPSA) is 85.9 Å². The molecule has 1 unspecified atom stereocenters. The van der Waals surface area contributed by atoms with E-state index in [-0.39, 0.29) is 11.3 Å². The molecule has 1 aromatic carbocycles. The van der Waals surface area contributed by atoms with Gasteiger partial charge in [0.05, 0.1) is 11.6 Å². The minimum Gasteiger partial charge on any atom is -0.507 e. The van der Waals surface area contributed by atoms with Crippen LogP contribution in [0.15, 0.2) is 42.5 Å². The molecule has 7 nitrogen and oxygen atoms in total. The molecule has 4 rings (SSSR count). The Morgan fingerprint density at radius 2 is 1.89 bits per heavy atom. The van der Waals surface area contributed by atoms with Gasteiger partial charge in [-0.3, -0.25) is 9.59 Å². The number of Topliss-reactive ketones (excluding diaryl/α,β-unsaturated/α-hetero) is 1. The van der Waals surface area contributed by atoms with Gasteiger partial charge in [-0.05, 0) is 70.0 Å². The molecule has 0 bridgehead atoms. The molecule has 3 heterocycles. The van der Waals surface area contributed by atoms with Gasteiger partial charge in [0, 0.05) is 30.0 Å². The van der Waals surface area contributed by atoms with Gasteiger partial charge >= 0.3 is 0 Å². The van der Waals surface area contributed by atoms with Crippen LogP contribution in [-0.2, 0) is 9.59 Å². The summed E-state index contributed by atoms with van der Waals surface area (Å²) in [6.07, 6.45) is 5.19. The van der Waals surface area contributed by atoms with E-state index in [0.29, 0.717) is 31.0 Å². The number of aliphatic hydroxyl groups excluding tert-OH is 1. The van der Waals surface area contributed by atoms with E-state index in [1.807, 2.05) is 45.0 Å². The van der Waals surface area contributed by atoms with E-state index >= 15 is 0 Å². The van der Waals surface area contributed by atoms with Gasteiger partial charge in [-0.15, -0.1) is 0 Å².